The molecule has 0 unspecified atom stereocenters. The molecule has 1 aliphatic heterocycles. The van der Waals surface area contributed by atoms with E-state index in [1.165, 1.54) is 24.3 Å². The van der Waals surface area contributed by atoms with Gasteiger partial charge in [-0.25, -0.2) is 4.79 Å². The topological polar surface area (TPSA) is 88.8 Å². The Labute approximate surface area is 221 Å². The largest absolute Gasteiger partial charge is 0.423 e. The maximum Gasteiger partial charge on any atom is 0.423 e. The van der Waals surface area contributed by atoms with E-state index in [2.05, 4.69) is 5.92 Å². The molecule has 0 N–H and O–H groups in total. The van der Waals surface area contributed by atoms with Crippen LogP contribution in [0.15, 0.2) is 76.4 Å². The quantitative estimate of drug-likeness (QED) is 0.305. The van der Waals surface area contributed by atoms with Crippen molar-refractivity contribution < 1.29 is 32.2 Å². The van der Waals surface area contributed by atoms with Crippen molar-refractivity contribution in [2.45, 2.75) is 37.5 Å². The molecule has 204 valence electrons. The maximum atomic E-state index is 13.8. The van der Waals surface area contributed by atoms with E-state index in [0.29, 0.717) is 23.8 Å². The Hall–Kier alpha value is -3.98. The van der Waals surface area contributed by atoms with Gasteiger partial charge >= 0.3 is 11.9 Å². The third-order valence-electron chi connectivity index (χ3n) is 6.17. The summed E-state index contributed by atoms with van der Waals surface area (Å²) in [6, 6.07) is 16.7. The summed E-state index contributed by atoms with van der Waals surface area (Å²) in [5.74, 6) is 1.13. The van der Waals surface area contributed by atoms with Gasteiger partial charge in [-0.3, -0.25) is 14.2 Å². The smallest absolute Gasteiger partial charge is 0.378 e. The van der Waals surface area contributed by atoms with E-state index >= 15 is 0 Å². The van der Waals surface area contributed by atoms with Crippen molar-refractivity contribution in [3.8, 4) is 12.3 Å². The minimum atomic E-state index is -5.14. The number of carbonyl (C=O) groups excluding carboxylic acids is 1. The molecule has 1 fully saturated rings. The second-order valence-corrected chi connectivity index (χ2v) is 8.77. The zero-order valence-corrected chi connectivity index (χ0v) is 20.7. The van der Waals surface area contributed by atoms with E-state index < -0.39 is 47.3 Å². The SMILES string of the molecule is C#CCO[C@H]1C[C@H](n2cc(C(F)(F)F)c(=O)n(C(=O)c3ccccc3)c2=O)O[C@@H]1COCCc1ccccc1. The Morgan fingerprint density at radius 2 is 1.74 bits per heavy atom. The molecular formula is C28H25F3N2O6. The first-order valence-corrected chi connectivity index (χ1v) is 12.1. The number of halogens is 3. The lowest BCUT2D eigenvalue weighted by Gasteiger charge is -2.19. The molecule has 3 atom stereocenters. The van der Waals surface area contributed by atoms with Crippen molar-refractivity contribution >= 4 is 5.91 Å². The lowest BCUT2D eigenvalue weighted by atomic mass is 10.1. The van der Waals surface area contributed by atoms with Crippen molar-refractivity contribution in [3.63, 3.8) is 0 Å². The van der Waals surface area contributed by atoms with Crippen LogP contribution >= 0.6 is 0 Å². The summed E-state index contributed by atoms with van der Waals surface area (Å²) in [7, 11) is 0. The van der Waals surface area contributed by atoms with E-state index in [1.54, 1.807) is 6.07 Å². The number of rotatable bonds is 9. The van der Waals surface area contributed by atoms with Crippen molar-refractivity contribution in [2.24, 2.45) is 0 Å². The average molecular weight is 543 g/mol. The normalized spacial score (nSPS) is 19.1. The van der Waals surface area contributed by atoms with Gasteiger partial charge in [0.2, 0.25) is 0 Å². The third kappa shape index (κ3) is 6.54. The lowest BCUT2D eigenvalue weighted by Crippen LogP contribution is -2.47. The van der Waals surface area contributed by atoms with E-state index in [4.69, 9.17) is 20.6 Å². The van der Waals surface area contributed by atoms with Gasteiger partial charge in [0.05, 0.1) is 19.3 Å². The second-order valence-electron chi connectivity index (χ2n) is 8.77. The molecule has 1 aliphatic rings. The van der Waals surface area contributed by atoms with Gasteiger partial charge in [-0.2, -0.15) is 17.7 Å². The number of hydrogen-bond acceptors (Lipinski definition) is 6. The van der Waals surface area contributed by atoms with Crippen LogP contribution in [0.4, 0.5) is 13.2 Å². The van der Waals surface area contributed by atoms with E-state index in [1.807, 2.05) is 30.3 Å². The Balaban J connectivity index is 1.62. The summed E-state index contributed by atoms with van der Waals surface area (Å²) < 4.78 is 59.3. The number of benzene rings is 2. The second kappa shape index (κ2) is 12.3. The summed E-state index contributed by atoms with van der Waals surface area (Å²) >= 11 is 0. The summed E-state index contributed by atoms with van der Waals surface area (Å²) in [5.41, 5.74) is -3.79. The van der Waals surface area contributed by atoms with Crippen LogP contribution in [0.25, 0.3) is 0 Å². The monoisotopic (exact) mass is 542 g/mol. The van der Waals surface area contributed by atoms with E-state index in [-0.39, 0.29) is 29.8 Å². The number of aromatic nitrogens is 2. The summed E-state index contributed by atoms with van der Waals surface area (Å²) in [6.45, 7) is 0.253. The predicted octanol–water partition coefficient (Wildman–Crippen LogP) is 3.28. The Morgan fingerprint density at radius 3 is 2.38 bits per heavy atom. The van der Waals surface area contributed by atoms with E-state index in [0.717, 1.165) is 5.56 Å². The van der Waals surface area contributed by atoms with Crippen LogP contribution in [0.2, 0.25) is 0 Å². The first kappa shape index (κ1) is 28.0. The highest BCUT2D eigenvalue weighted by molar-refractivity contribution is 5.95. The molecule has 2 aromatic carbocycles. The Morgan fingerprint density at radius 1 is 1.08 bits per heavy atom. The third-order valence-corrected chi connectivity index (χ3v) is 6.17. The van der Waals surface area contributed by atoms with Crippen molar-refractivity contribution in [3.05, 3.63) is 104 Å². The summed E-state index contributed by atoms with van der Waals surface area (Å²) in [6.07, 6.45) is -1.67. The van der Waals surface area contributed by atoms with Crippen molar-refractivity contribution in [1.29, 1.82) is 0 Å². The molecule has 0 amide bonds. The van der Waals surface area contributed by atoms with Crippen molar-refractivity contribution in [2.75, 3.05) is 19.8 Å². The lowest BCUT2D eigenvalue weighted by molar-refractivity contribution is -0.140. The molecule has 1 aromatic heterocycles. The molecule has 8 nitrogen and oxygen atoms in total. The van der Waals surface area contributed by atoms with Crippen molar-refractivity contribution in [1.82, 2.24) is 9.13 Å². The molecular weight excluding hydrogens is 517 g/mol. The first-order chi connectivity index (χ1) is 18.7. The van der Waals surface area contributed by atoms with Crippen LogP contribution in [0, 0.1) is 12.3 Å². The van der Waals surface area contributed by atoms with Crippen LogP contribution in [0.3, 0.4) is 0 Å². The number of hydrogen-bond donors (Lipinski definition) is 0. The first-order valence-electron chi connectivity index (χ1n) is 12.1. The van der Waals surface area contributed by atoms with Gasteiger partial charge < -0.3 is 14.2 Å². The standard InChI is InChI=1S/C28H25F3N2O6/c1-2-14-38-22-16-24(39-23(22)18-37-15-13-19-9-5-3-6-10-19)32-17-21(28(29,30)31)26(35)33(27(32)36)25(34)20-11-7-4-8-12-20/h1,3-12,17,22-24H,13-16,18H2/t22-,23+,24+/m0/s1. The van der Waals surface area contributed by atoms with Gasteiger partial charge in [0.15, 0.2) is 0 Å². The number of alkyl halides is 3. The summed E-state index contributed by atoms with van der Waals surface area (Å²) in [4.78, 5) is 38.9. The minimum absolute atomic E-state index is 0.0159. The van der Waals surface area contributed by atoms with Gasteiger partial charge in [0.25, 0.3) is 11.5 Å². The number of terminal acetylenes is 1. The van der Waals surface area contributed by atoms with Gasteiger partial charge in [-0.05, 0) is 24.1 Å². The fourth-order valence-electron chi connectivity index (χ4n) is 4.25. The molecule has 2 heterocycles. The summed E-state index contributed by atoms with van der Waals surface area (Å²) in [5, 5.41) is 0. The van der Waals surface area contributed by atoms with Gasteiger partial charge in [-0.15, -0.1) is 6.42 Å². The minimum Gasteiger partial charge on any atom is -0.378 e. The van der Waals surface area contributed by atoms with Crippen LogP contribution in [0.1, 0.15) is 34.1 Å². The van der Waals surface area contributed by atoms with Gasteiger partial charge in [-0.1, -0.05) is 54.5 Å². The molecule has 0 saturated carbocycles. The zero-order valence-electron chi connectivity index (χ0n) is 20.7. The number of ether oxygens (including phenoxy) is 3. The highest BCUT2D eigenvalue weighted by atomic mass is 19.4. The molecule has 3 aromatic rings. The highest BCUT2D eigenvalue weighted by Crippen LogP contribution is 2.32. The molecule has 1 saturated heterocycles. The fourth-order valence-corrected chi connectivity index (χ4v) is 4.25. The molecule has 0 spiro atoms. The predicted molar refractivity (Wildman–Crippen MR) is 134 cm³/mol. The van der Waals surface area contributed by atoms with Gasteiger partial charge in [0, 0.05) is 18.2 Å². The van der Waals surface area contributed by atoms with Crippen LogP contribution in [-0.2, 0) is 26.8 Å². The van der Waals surface area contributed by atoms with E-state index in [9.17, 15) is 27.6 Å². The van der Waals surface area contributed by atoms with Gasteiger partial charge in [0.1, 0.15) is 24.5 Å². The molecule has 4 rings (SSSR count). The Bertz CT molecular complexity index is 1440. The molecule has 0 bridgehead atoms. The number of carbonyl (C=O) groups is 1. The average Bonchev–Trinajstić information content (AvgIpc) is 3.32. The highest BCUT2D eigenvalue weighted by Gasteiger charge is 2.41. The zero-order chi connectivity index (χ0) is 28.0. The van der Waals surface area contributed by atoms with Crippen LogP contribution < -0.4 is 11.2 Å². The van der Waals surface area contributed by atoms with Crippen LogP contribution in [-0.4, -0.2) is 47.1 Å². The maximum absolute atomic E-state index is 13.8. The molecule has 39 heavy (non-hydrogen) atoms. The Kier molecular flexibility index (Phi) is 8.81. The molecule has 0 radical (unpaired) electrons. The molecule has 0 aliphatic carbocycles. The van der Waals surface area contributed by atoms with Crippen LogP contribution in [0.5, 0.6) is 0 Å². The molecule has 11 heteroatoms. The number of nitrogens with zero attached hydrogens (tertiary/aromatic N) is 2. The fraction of sp³-hybridized carbons (Fsp3) is 0.321.